The Kier molecular flexibility index (Phi) is 5.46. The fourth-order valence-corrected chi connectivity index (χ4v) is 4.78. The fraction of sp³-hybridized carbons (Fsp3) is 0.269. The van der Waals surface area contributed by atoms with E-state index < -0.39 is 5.97 Å². The van der Waals surface area contributed by atoms with Crippen molar-refractivity contribution in [2.24, 2.45) is 0 Å². The van der Waals surface area contributed by atoms with Gasteiger partial charge in [0.05, 0.1) is 12.8 Å². The number of methoxy groups -OCH3 is 1. The minimum Gasteiger partial charge on any atom is -0.497 e. The van der Waals surface area contributed by atoms with Crippen LogP contribution in [0.1, 0.15) is 54.1 Å². The average molecular weight is 444 g/mol. The van der Waals surface area contributed by atoms with E-state index in [0.717, 1.165) is 53.8 Å². The lowest BCUT2D eigenvalue weighted by Gasteiger charge is -2.23. The molecule has 0 bridgehead atoms. The van der Waals surface area contributed by atoms with Gasteiger partial charge in [-0.05, 0) is 47.6 Å². The van der Waals surface area contributed by atoms with Crippen molar-refractivity contribution in [3.8, 4) is 28.1 Å². The second kappa shape index (κ2) is 8.58. The first kappa shape index (κ1) is 21.0. The lowest BCUT2D eigenvalue weighted by molar-refractivity contribution is 0.0690. The monoisotopic (exact) mass is 443 g/mol. The lowest BCUT2D eigenvalue weighted by Crippen LogP contribution is -2.25. The Hall–Kier alpha value is -3.87. The van der Waals surface area contributed by atoms with Crippen molar-refractivity contribution < 1.29 is 14.6 Å². The van der Waals surface area contributed by atoms with E-state index in [1.165, 1.54) is 17.0 Å². The molecule has 2 N–H and O–H groups in total. The third kappa shape index (κ3) is 3.91. The molecule has 5 rings (SSSR count). The Morgan fingerprint density at radius 3 is 2.45 bits per heavy atom. The van der Waals surface area contributed by atoms with Gasteiger partial charge in [-0.2, -0.15) is 9.61 Å². The molecule has 1 fully saturated rings. The highest BCUT2D eigenvalue weighted by Crippen LogP contribution is 2.36. The van der Waals surface area contributed by atoms with Crippen LogP contribution in [0.15, 0.2) is 59.4 Å². The molecule has 2 aromatic carbocycles. The van der Waals surface area contributed by atoms with Gasteiger partial charge in [0.15, 0.2) is 5.69 Å². The molecule has 1 aliphatic carbocycles. The van der Waals surface area contributed by atoms with Crippen LogP contribution in [0.5, 0.6) is 5.75 Å². The molecule has 0 unspecified atom stereocenters. The summed E-state index contributed by atoms with van der Waals surface area (Å²) >= 11 is 0. The van der Waals surface area contributed by atoms with Crippen molar-refractivity contribution in [3.05, 3.63) is 76.2 Å². The normalized spacial score (nSPS) is 14.5. The molecule has 0 radical (unpaired) electrons. The highest BCUT2D eigenvalue weighted by molar-refractivity contribution is 5.86. The van der Waals surface area contributed by atoms with Crippen molar-refractivity contribution in [2.45, 2.75) is 38.0 Å². The quantitative estimate of drug-likeness (QED) is 0.447. The number of aromatic amines is 1. The van der Waals surface area contributed by atoms with Gasteiger partial charge in [0.25, 0.3) is 5.56 Å². The van der Waals surface area contributed by atoms with Crippen LogP contribution in [0, 0.1) is 0 Å². The van der Waals surface area contributed by atoms with Crippen molar-refractivity contribution in [2.75, 3.05) is 7.11 Å². The van der Waals surface area contributed by atoms with Crippen molar-refractivity contribution in [1.82, 2.24) is 14.6 Å². The molecule has 7 nitrogen and oxygen atoms in total. The minimum atomic E-state index is -1.16. The molecule has 0 saturated heterocycles. The van der Waals surface area contributed by atoms with Crippen LogP contribution < -0.4 is 10.3 Å². The van der Waals surface area contributed by atoms with Crippen LogP contribution in [-0.4, -0.2) is 32.8 Å². The smallest absolute Gasteiger partial charge is 0.356 e. The number of aromatic nitrogens is 3. The number of carbonyl (C=O) groups is 1. The van der Waals surface area contributed by atoms with Crippen LogP contribution in [0.2, 0.25) is 0 Å². The molecular weight excluding hydrogens is 418 g/mol. The summed E-state index contributed by atoms with van der Waals surface area (Å²) in [7, 11) is 1.65. The van der Waals surface area contributed by atoms with Gasteiger partial charge >= 0.3 is 5.97 Å². The third-order valence-corrected chi connectivity index (χ3v) is 6.46. The van der Waals surface area contributed by atoms with Crippen LogP contribution in [0.3, 0.4) is 0 Å². The van der Waals surface area contributed by atoms with E-state index in [1.807, 2.05) is 48.5 Å². The molecule has 168 valence electrons. The summed E-state index contributed by atoms with van der Waals surface area (Å²) in [5.41, 5.74) is 4.39. The van der Waals surface area contributed by atoms with E-state index in [0.29, 0.717) is 11.2 Å². The summed E-state index contributed by atoms with van der Waals surface area (Å²) in [5.74, 6) is -0.242. The molecule has 0 spiro atoms. The van der Waals surface area contributed by atoms with Crippen LogP contribution in [0.25, 0.3) is 28.0 Å². The van der Waals surface area contributed by atoms with E-state index in [1.54, 1.807) is 7.11 Å². The number of carboxylic acids is 1. The van der Waals surface area contributed by atoms with Gasteiger partial charge < -0.3 is 14.8 Å². The molecule has 0 aliphatic heterocycles. The molecule has 2 heterocycles. The SMILES string of the molecule is COc1cccc(-c2ccc(-c3[nH]c4cc(C(=O)O)nn4c(=O)c3C3CCCCC3)cc2)c1. The van der Waals surface area contributed by atoms with Crippen molar-refractivity contribution in [3.63, 3.8) is 0 Å². The molecular formula is C26H25N3O4. The Balaban J connectivity index is 1.64. The summed E-state index contributed by atoms with van der Waals surface area (Å²) in [5, 5.41) is 13.4. The highest BCUT2D eigenvalue weighted by atomic mass is 16.5. The number of H-pyrrole nitrogens is 1. The van der Waals surface area contributed by atoms with E-state index in [-0.39, 0.29) is 17.2 Å². The zero-order valence-electron chi connectivity index (χ0n) is 18.4. The first-order valence-corrected chi connectivity index (χ1v) is 11.2. The number of fused-ring (bicyclic) bond motifs is 1. The summed E-state index contributed by atoms with van der Waals surface area (Å²) < 4.78 is 6.53. The van der Waals surface area contributed by atoms with Crippen LogP contribution in [0.4, 0.5) is 0 Å². The molecule has 1 saturated carbocycles. The molecule has 0 atom stereocenters. The highest BCUT2D eigenvalue weighted by Gasteiger charge is 2.25. The predicted octanol–water partition coefficient (Wildman–Crippen LogP) is 5.11. The number of nitrogens with one attached hydrogen (secondary N) is 1. The second-order valence-electron chi connectivity index (χ2n) is 8.49. The van der Waals surface area contributed by atoms with Crippen molar-refractivity contribution >= 4 is 11.6 Å². The largest absolute Gasteiger partial charge is 0.497 e. The second-order valence-corrected chi connectivity index (χ2v) is 8.49. The summed E-state index contributed by atoms with van der Waals surface area (Å²) in [6.07, 6.45) is 5.21. The lowest BCUT2D eigenvalue weighted by atomic mass is 9.82. The Labute approximate surface area is 190 Å². The Morgan fingerprint density at radius 2 is 1.76 bits per heavy atom. The number of nitrogens with zero attached hydrogens (tertiary/aromatic N) is 2. The van der Waals surface area contributed by atoms with E-state index >= 15 is 0 Å². The number of rotatable bonds is 5. The topological polar surface area (TPSA) is 96.7 Å². The first-order valence-electron chi connectivity index (χ1n) is 11.2. The molecule has 7 heteroatoms. The van der Waals surface area contributed by atoms with Gasteiger partial charge in [0.2, 0.25) is 0 Å². The van der Waals surface area contributed by atoms with Gasteiger partial charge in [-0.1, -0.05) is 55.7 Å². The zero-order chi connectivity index (χ0) is 22.9. The fourth-order valence-electron chi connectivity index (χ4n) is 4.78. The number of hydrogen-bond donors (Lipinski definition) is 2. The van der Waals surface area contributed by atoms with Gasteiger partial charge in [-0.25, -0.2) is 4.79 Å². The summed E-state index contributed by atoms with van der Waals surface area (Å²) in [6.45, 7) is 0. The van der Waals surface area contributed by atoms with Gasteiger partial charge in [-0.3, -0.25) is 4.79 Å². The number of aromatic carboxylic acids is 1. The van der Waals surface area contributed by atoms with Gasteiger partial charge in [-0.15, -0.1) is 0 Å². The molecule has 4 aromatic rings. The molecule has 2 aromatic heterocycles. The molecule has 1 aliphatic rings. The van der Waals surface area contributed by atoms with Crippen LogP contribution in [-0.2, 0) is 0 Å². The minimum absolute atomic E-state index is 0.123. The van der Waals surface area contributed by atoms with Gasteiger partial charge in [0.1, 0.15) is 11.4 Å². The Bertz CT molecular complexity index is 1380. The summed E-state index contributed by atoms with van der Waals surface area (Å²) in [4.78, 5) is 28.3. The number of benzene rings is 2. The van der Waals surface area contributed by atoms with Crippen molar-refractivity contribution in [1.29, 1.82) is 0 Å². The van der Waals surface area contributed by atoms with E-state index in [9.17, 15) is 14.7 Å². The maximum Gasteiger partial charge on any atom is 0.356 e. The average Bonchev–Trinajstić information content (AvgIpc) is 3.30. The predicted molar refractivity (Wildman–Crippen MR) is 126 cm³/mol. The van der Waals surface area contributed by atoms with Crippen LogP contribution >= 0.6 is 0 Å². The number of hydrogen-bond acceptors (Lipinski definition) is 4. The zero-order valence-corrected chi connectivity index (χ0v) is 18.4. The first-order chi connectivity index (χ1) is 16.0. The Morgan fingerprint density at radius 1 is 1.03 bits per heavy atom. The summed E-state index contributed by atoms with van der Waals surface area (Å²) in [6, 6.07) is 17.3. The third-order valence-electron chi connectivity index (χ3n) is 6.46. The standard InChI is InChI=1S/C26H25N3O4/c1-33-20-9-5-8-19(14-20)16-10-12-18(13-11-16)24-23(17-6-3-2-4-7-17)25(30)29-22(27-24)15-21(28-29)26(31)32/h5,8-15,17,27H,2-4,6-7H2,1H3,(H,31,32). The number of carboxylic acid groups (broad SMARTS) is 1. The molecule has 33 heavy (non-hydrogen) atoms. The number of ether oxygens (including phenoxy) is 1. The molecule has 0 amide bonds. The van der Waals surface area contributed by atoms with Gasteiger partial charge in [0, 0.05) is 11.6 Å². The maximum absolute atomic E-state index is 13.5. The van der Waals surface area contributed by atoms with E-state index in [4.69, 9.17) is 4.74 Å². The van der Waals surface area contributed by atoms with E-state index in [2.05, 4.69) is 10.1 Å². The maximum atomic E-state index is 13.5.